The number of para-hydroxylation sites is 2. The fourth-order valence-corrected chi connectivity index (χ4v) is 2.50. The highest BCUT2D eigenvalue weighted by Crippen LogP contribution is 2.33. The molecule has 0 bridgehead atoms. The van der Waals surface area contributed by atoms with Crippen LogP contribution in [0.2, 0.25) is 0 Å². The highest BCUT2D eigenvalue weighted by atomic mass is 35.6. The lowest BCUT2D eigenvalue weighted by molar-refractivity contribution is 0.141. The lowest BCUT2D eigenvalue weighted by Gasteiger charge is -2.29. The van der Waals surface area contributed by atoms with Gasteiger partial charge in [0.25, 0.3) is 0 Å². The Balaban J connectivity index is 2.08. The van der Waals surface area contributed by atoms with Crippen LogP contribution in [-0.4, -0.2) is 26.1 Å². The Bertz CT molecular complexity index is 689. The van der Waals surface area contributed by atoms with Crippen molar-refractivity contribution >= 4 is 75.6 Å². The minimum atomic E-state index is -1.98. The molecular formula is C17H14Cl6N2O3. The van der Waals surface area contributed by atoms with Gasteiger partial charge < -0.3 is 9.47 Å². The summed E-state index contributed by atoms with van der Waals surface area (Å²) in [5.74, 6) is 0.746. The predicted octanol–water partition coefficient (Wildman–Crippen LogP) is 5.84. The molecule has 0 aliphatic rings. The molecule has 0 fully saturated rings. The minimum Gasteiger partial charge on any atom is -0.466 e. The molecule has 0 saturated heterocycles. The molecule has 28 heavy (non-hydrogen) atoms. The molecule has 0 spiro atoms. The molecule has 0 saturated carbocycles. The molecule has 2 atom stereocenters. The molecule has 2 aromatic rings. The maximum Gasteiger partial charge on any atom is 0.320 e. The lowest BCUT2D eigenvalue weighted by atomic mass is 10.3. The summed E-state index contributed by atoms with van der Waals surface area (Å²) in [5.41, 5.74) is 0. The highest BCUT2D eigenvalue weighted by Gasteiger charge is 2.40. The number of halogens is 6. The lowest BCUT2D eigenvalue weighted by Crippen LogP contribution is -2.56. The standard InChI is InChI=1S/C17H14Cl6N2O3/c18-16(19,20)13(27-11-7-3-1-4-8-11)24-15(26)25-14(17(21,22)23)28-12-9-5-2-6-10-12/h1-10,13-14H,(H2,24,25,26)/t13-,14-/m0/s1. The van der Waals surface area contributed by atoms with Crippen LogP contribution in [0.1, 0.15) is 0 Å². The van der Waals surface area contributed by atoms with Crippen LogP contribution in [-0.2, 0) is 0 Å². The summed E-state index contributed by atoms with van der Waals surface area (Å²) in [4.78, 5) is 12.4. The van der Waals surface area contributed by atoms with Crippen molar-refractivity contribution in [2.75, 3.05) is 0 Å². The average molecular weight is 507 g/mol. The summed E-state index contributed by atoms with van der Waals surface area (Å²) in [6.45, 7) is 0. The Morgan fingerprint density at radius 2 is 1.00 bits per heavy atom. The third-order valence-corrected chi connectivity index (χ3v) is 4.30. The van der Waals surface area contributed by atoms with Gasteiger partial charge in [-0.2, -0.15) is 0 Å². The van der Waals surface area contributed by atoms with Gasteiger partial charge in [0.1, 0.15) is 11.5 Å². The van der Waals surface area contributed by atoms with Gasteiger partial charge in [0.05, 0.1) is 0 Å². The smallest absolute Gasteiger partial charge is 0.320 e. The van der Waals surface area contributed by atoms with E-state index in [4.69, 9.17) is 79.1 Å². The zero-order valence-electron chi connectivity index (χ0n) is 13.9. The maximum atomic E-state index is 12.4. The molecular weight excluding hydrogens is 493 g/mol. The average Bonchev–Trinajstić information content (AvgIpc) is 2.61. The molecule has 0 aliphatic heterocycles. The van der Waals surface area contributed by atoms with Crippen LogP contribution in [0, 0.1) is 0 Å². The zero-order valence-corrected chi connectivity index (χ0v) is 18.5. The van der Waals surface area contributed by atoms with Crippen LogP contribution in [0.25, 0.3) is 0 Å². The number of carbonyl (C=O) groups excluding carboxylic acids is 1. The van der Waals surface area contributed by atoms with Gasteiger partial charge in [0.15, 0.2) is 0 Å². The Morgan fingerprint density at radius 1 is 0.679 bits per heavy atom. The summed E-state index contributed by atoms with van der Waals surface area (Å²) in [6.07, 6.45) is -2.68. The number of hydrogen-bond donors (Lipinski definition) is 2. The van der Waals surface area contributed by atoms with E-state index in [1.165, 1.54) is 0 Å². The molecule has 2 rings (SSSR count). The fraction of sp³-hybridized carbons (Fsp3) is 0.235. The first kappa shape index (κ1) is 23.3. The van der Waals surface area contributed by atoms with Crippen LogP contribution in [0.4, 0.5) is 4.79 Å². The van der Waals surface area contributed by atoms with Crippen molar-refractivity contribution in [3.63, 3.8) is 0 Å². The monoisotopic (exact) mass is 504 g/mol. The van der Waals surface area contributed by atoms with Crippen LogP contribution in [0.5, 0.6) is 11.5 Å². The third kappa shape index (κ3) is 7.82. The van der Waals surface area contributed by atoms with Crippen molar-refractivity contribution in [1.82, 2.24) is 10.6 Å². The van der Waals surface area contributed by atoms with E-state index in [1.54, 1.807) is 60.7 Å². The first-order valence-corrected chi connectivity index (χ1v) is 9.96. The number of urea groups is 1. The van der Waals surface area contributed by atoms with Gasteiger partial charge in [-0.1, -0.05) is 106 Å². The van der Waals surface area contributed by atoms with E-state index in [9.17, 15) is 4.79 Å². The van der Waals surface area contributed by atoms with Crippen molar-refractivity contribution in [2.45, 2.75) is 20.0 Å². The van der Waals surface area contributed by atoms with Gasteiger partial charge in [-0.15, -0.1) is 0 Å². The van der Waals surface area contributed by atoms with Gasteiger partial charge in [-0.05, 0) is 24.3 Å². The first-order valence-electron chi connectivity index (χ1n) is 7.69. The number of rotatable bonds is 6. The minimum absolute atomic E-state index is 0.373. The predicted molar refractivity (Wildman–Crippen MR) is 114 cm³/mol. The number of alkyl halides is 6. The number of nitrogens with one attached hydrogen (secondary N) is 2. The summed E-state index contributed by atoms with van der Waals surface area (Å²) in [7, 11) is 0. The van der Waals surface area contributed by atoms with Crippen molar-refractivity contribution in [1.29, 1.82) is 0 Å². The van der Waals surface area contributed by atoms with E-state index in [-0.39, 0.29) is 0 Å². The van der Waals surface area contributed by atoms with Crippen LogP contribution < -0.4 is 20.1 Å². The van der Waals surface area contributed by atoms with E-state index in [0.717, 1.165) is 0 Å². The van der Waals surface area contributed by atoms with Crippen molar-refractivity contribution in [3.8, 4) is 11.5 Å². The van der Waals surface area contributed by atoms with Crippen LogP contribution in [0.3, 0.4) is 0 Å². The molecule has 5 nitrogen and oxygen atoms in total. The Hall–Kier alpha value is -0.950. The number of ether oxygens (including phenoxy) is 2. The number of carbonyl (C=O) groups is 1. The summed E-state index contributed by atoms with van der Waals surface area (Å²) in [5, 5.41) is 4.74. The quantitative estimate of drug-likeness (QED) is 0.382. The van der Waals surface area contributed by atoms with Crippen molar-refractivity contribution < 1.29 is 14.3 Å². The number of hydrogen-bond acceptors (Lipinski definition) is 3. The summed E-state index contributed by atoms with van der Waals surface area (Å²) in [6, 6.07) is 16.1. The van der Waals surface area contributed by atoms with E-state index < -0.39 is 26.1 Å². The van der Waals surface area contributed by atoms with Crippen molar-refractivity contribution in [2.24, 2.45) is 0 Å². The molecule has 2 amide bonds. The SMILES string of the molecule is O=C(N[C@@H](Oc1ccccc1)C(Cl)(Cl)Cl)N[C@@H](Oc1ccccc1)C(Cl)(Cl)Cl. The molecule has 0 aliphatic carbocycles. The van der Waals surface area contributed by atoms with E-state index >= 15 is 0 Å². The molecule has 0 radical (unpaired) electrons. The third-order valence-electron chi connectivity index (χ3n) is 3.11. The maximum absolute atomic E-state index is 12.4. The largest absolute Gasteiger partial charge is 0.466 e. The van der Waals surface area contributed by atoms with E-state index in [0.29, 0.717) is 11.5 Å². The van der Waals surface area contributed by atoms with E-state index in [2.05, 4.69) is 10.6 Å². The Morgan fingerprint density at radius 3 is 1.29 bits per heavy atom. The number of benzene rings is 2. The molecule has 2 N–H and O–H groups in total. The Kier molecular flexibility index (Phi) is 8.49. The van der Waals surface area contributed by atoms with Gasteiger partial charge in [0, 0.05) is 0 Å². The Labute approximate surface area is 192 Å². The van der Waals surface area contributed by atoms with Crippen LogP contribution >= 0.6 is 69.6 Å². The molecule has 11 heteroatoms. The molecule has 152 valence electrons. The summed E-state index contributed by atoms with van der Waals surface area (Å²) >= 11 is 35.4. The molecule has 0 unspecified atom stereocenters. The first-order chi connectivity index (χ1) is 13.1. The normalized spacial score (nSPS) is 13.9. The van der Waals surface area contributed by atoms with Gasteiger partial charge >= 0.3 is 6.03 Å². The second kappa shape index (κ2) is 10.2. The van der Waals surface area contributed by atoms with Crippen molar-refractivity contribution in [3.05, 3.63) is 60.7 Å². The van der Waals surface area contributed by atoms with Crippen LogP contribution in [0.15, 0.2) is 60.7 Å². The number of amides is 2. The summed E-state index contributed by atoms with van der Waals surface area (Å²) < 4.78 is 7.09. The van der Waals surface area contributed by atoms with Gasteiger partial charge in [-0.25, -0.2) is 4.79 Å². The second-order valence-electron chi connectivity index (χ2n) is 5.32. The van der Waals surface area contributed by atoms with Gasteiger partial charge in [-0.3, -0.25) is 10.6 Å². The van der Waals surface area contributed by atoms with E-state index in [1.807, 2.05) is 0 Å². The molecule has 2 aromatic carbocycles. The van der Waals surface area contributed by atoms with Gasteiger partial charge in [0.2, 0.25) is 20.0 Å². The second-order valence-corrected chi connectivity index (χ2v) is 10.1. The zero-order chi connectivity index (χ0) is 20.8. The molecule has 0 aromatic heterocycles. The topological polar surface area (TPSA) is 59.6 Å². The fourth-order valence-electron chi connectivity index (χ4n) is 1.91. The molecule has 0 heterocycles. The highest BCUT2D eigenvalue weighted by molar-refractivity contribution is 6.68.